The van der Waals surface area contributed by atoms with Gasteiger partial charge < -0.3 is 19.3 Å². The summed E-state index contributed by atoms with van der Waals surface area (Å²) in [5, 5.41) is 11.1. The minimum Gasteiger partial charge on any atom is -0.455 e. The molecule has 0 aromatic heterocycles. The summed E-state index contributed by atoms with van der Waals surface area (Å²) in [4.78, 5) is 14.0. The Morgan fingerprint density at radius 1 is 1.02 bits per heavy atom. The highest BCUT2D eigenvalue weighted by molar-refractivity contribution is 7.98. The van der Waals surface area contributed by atoms with E-state index in [1.165, 1.54) is 22.9 Å². The van der Waals surface area contributed by atoms with Gasteiger partial charge in [0.25, 0.3) is 0 Å². The van der Waals surface area contributed by atoms with Crippen molar-refractivity contribution in [1.82, 2.24) is 4.90 Å². The summed E-state index contributed by atoms with van der Waals surface area (Å²) in [6, 6.07) is 19.1. The number of rotatable bonds is 15. The highest BCUT2D eigenvalue weighted by Crippen LogP contribution is 2.37. The van der Waals surface area contributed by atoms with Gasteiger partial charge >= 0.3 is 5.97 Å². The molecule has 4 atom stereocenters. The molecule has 1 unspecified atom stereocenters. The standard InChI is InChI=1S/C33H45NO5S/c1-40-25-39-32(36)14-10-5-3-2-4-9-13-29-31(23-30(35)33(29)34-19-21-37-22-20-34)38-24-26-15-17-28(18-16-26)27-11-7-6-8-12-27/h2,4,6-8,11-12,15-18,29-31,33,35H,3,5,9-10,13-14,19-25H2,1H3/b4-2-/t29?,30-,31+,33-/m1/s1. The number of nitrogens with zero attached hydrogens (tertiary/aromatic N) is 1. The molecule has 2 aliphatic rings. The highest BCUT2D eigenvalue weighted by Gasteiger charge is 2.45. The van der Waals surface area contributed by atoms with Gasteiger partial charge in [0.05, 0.1) is 32.0 Å². The van der Waals surface area contributed by atoms with E-state index in [9.17, 15) is 9.90 Å². The SMILES string of the molecule is CSCOC(=O)CCCC/C=C\CCC1[C@@H](OCc2ccc(-c3ccccc3)cc2)C[C@@H](O)[C@@H]1N1CCOCC1. The van der Waals surface area contributed by atoms with Gasteiger partial charge in [-0.1, -0.05) is 66.7 Å². The first-order chi connectivity index (χ1) is 19.7. The van der Waals surface area contributed by atoms with Crippen molar-refractivity contribution in [2.75, 3.05) is 38.5 Å². The van der Waals surface area contributed by atoms with Crippen LogP contribution in [0.3, 0.4) is 0 Å². The number of aliphatic hydroxyl groups excluding tert-OH is 1. The lowest BCUT2D eigenvalue weighted by Crippen LogP contribution is -2.50. The number of aliphatic hydroxyl groups is 1. The summed E-state index contributed by atoms with van der Waals surface area (Å²) in [6.45, 7) is 3.72. The molecule has 0 spiro atoms. The molecule has 1 aliphatic heterocycles. The van der Waals surface area contributed by atoms with Gasteiger partial charge in [0.1, 0.15) is 5.94 Å². The van der Waals surface area contributed by atoms with Crippen LogP contribution in [-0.4, -0.2) is 72.7 Å². The summed E-state index contributed by atoms with van der Waals surface area (Å²) < 4.78 is 17.2. The van der Waals surface area contributed by atoms with Crippen molar-refractivity contribution in [3.8, 4) is 11.1 Å². The second-order valence-electron chi connectivity index (χ2n) is 10.7. The summed E-state index contributed by atoms with van der Waals surface area (Å²) >= 11 is 1.52. The van der Waals surface area contributed by atoms with Gasteiger partial charge in [-0.3, -0.25) is 9.69 Å². The first-order valence-corrected chi connectivity index (χ1v) is 16.1. The van der Waals surface area contributed by atoms with E-state index in [1.54, 1.807) is 0 Å². The second kappa shape index (κ2) is 16.9. The molecule has 2 fully saturated rings. The van der Waals surface area contributed by atoms with Gasteiger partial charge in [0, 0.05) is 37.9 Å². The first-order valence-electron chi connectivity index (χ1n) is 14.7. The summed E-state index contributed by atoms with van der Waals surface area (Å²) in [5.74, 6) is 0.601. The fourth-order valence-electron chi connectivity index (χ4n) is 5.88. The van der Waals surface area contributed by atoms with Crippen LogP contribution in [0.25, 0.3) is 11.1 Å². The molecule has 0 radical (unpaired) electrons. The zero-order valence-corrected chi connectivity index (χ0v) is 24.6. The number of esters is 1. The number of carbonyl (C=O) groups is 1. The molecule has 218 valence electrons. The van der Waals surface area contributed by atoms with Crippen molar-refractivity contribution in [3.63, 3.8) is 0 Å². The molecule has 40 heavy (non-hydrogen) atoms. The van der Waals surface area contributed by atoms with Crippen LogP contribution in [0.5, 0.6) is 0 Å². The fraction of sp³-hybridized carbons (Fsp3) is 0.545. The van der Waals surface area contributed by atoms with E-state index in [1.807, 2.05) is 12.3 Å². The lowest BCUT2D eigenvalue weighted by atomic mass is 9.93. The Labute approximate surface area is 244 Å². The van der Waals surface area contributed by atoms with Crippen LogP contribution in [0.2, 0.25) is 0 Å². The van der Waals surface area contributed by atoms with Gasteiger partial charge in [-0.15, -0.1) is 11.8 Å². The fourth-order valence-corrected chi connectivity index (χ4v) is 6.12. The van der Waals surface area contributed by atoms with Gasteiger partial charge in [0.2, 0.25) is 0 Å². The van der Waals surface area contributed by atoms with E-state index >= 15 is 0 Å². The third-order valence-corrected chi connectivity index (χ3v) is 8.30. The van der Waals surface area contributed by atoms with Gasteiger partial charge in [-0.25, -0.2) is 0 Å². The van der Waals surface area contributed by atoms with E-state index in [0.29, 0.717) is 25.4 Å². The molecular weight excluding hydrogens is 522 g/mol. The molecular formula is C33H45NO5S. The van der Waals surface area contributed by atoms with Gasteiger partial charge in [-0.2, -0.15) is 0 Å². The first kappa shape index (κ1) is 30.8. The van der Waals surface area contributed by atoms with E-state index in [-0.39, 0.29) is 30.1 Å². The largest absolute Gasteiger partial charge is 0.455 e. The molecule has 1 N–H and O–H groups in total. The Morgan fingerprint density at radius 2 is 1.75 bits per heavy atom. The van der Waals surface area contributed by atoms with Crippen molar-refractivity contribution in [1.29, 1.82) is 0 Å². The smallest absolute Gasteiger partial charge is 0.306 e. The number of thioether (sulfide) groups is 1. The zero-order chi connectivity index (χ0) is 28.0. The third kappa shape index (κ3) is 9.45. The highest BCUT2D eigenvalue weighted by atomic mass is 32.2. The number of hydrogen-bond acceptors (Lipinski definition) is 7. The quantitative estimate of drug-likeness (QED) is 0.121. The van der Waals surface area contributed by atoms with Crippen LogP contribution < -0.4 is 0 Å². The number of benzene rings is 2. The maximum absolute atomic E-state index is 11.6. The summed E-state index contributed by atoms with van der Waals surface area (Å²) in [5.41, 5.74) is 3.57. The normalized spacial score (nSPS) is 23.6. The molecule has 2 aromatic carbocycles. The van der Waals surface area contributed by atoms with Crippen molar-refractivity contribution in [2.24, 2.45) is 5.92 Å². The lowest BCUT2D eigenvalue weighted by molar-refractivity contribution is -0.141. The van der Waals surface area contributed by atoms with Crippen molar-refractivity contribution >= 4 is 17.7 Å². The molecule has 7 heteroatoms. The number of unbranched alkanes of at least 4 members (excludes halogenated alkanes) is 2. The van der Waals surface area contributed by atoms with Crippen LogP contribution in [0.1, 0.15) is 50.5 Å². The van der Waals surface area contributed by atoms with E-state index < -0.39 is 0 Å². The number of ether oxygens (including phenoxy) is 3. The summed E-state index contributed by atoms with van der Waals surface area (Å²) in [6.07, 6.45) is 12.0. The van der Waals surface area contributed by atoms with Crippen LogP contribution in [0, 0.1) is 5.92 Å². The van der Waals surface area contributed by atoms with Crippen LogP contribution >= 0.6 is 11.8 Å². The molecule has 1 saturated heterocycles. The lowest BCUT2D eigenvalue weighted by Gasteiger charge is -2.38. The second-order valence-corrected chi connectivity index (χ2v) is 11.5. The van der Waals surface area contributed by atoms with E-state index in [4.69, 9.17) is 14.2 Å². The van der Waals surface area contributed by atoms with Crippen LogP contribution in [0.4, 0.5) is 0 Å². The number of morpholine rings is 1. The molecule has 1 heterocycles. The van der Waals surface area contributed by atoms with E-state index in [0.717, 1.165) is 64.0 Å². The Kier molecular flexibility index (Phi) is 13.0. The Morgan fingerprint density at radius 3 is 2.50 bits per heavy atom. The molecule has 0 bridgehead atoms. The van der Waals surface area contributed by atoms with Gasteiger partial charge in [-0.05, 0) is 55.1 Å². The minimum atomic E-state index is -0.386. The Hall–Kier alpha value is -2.16. The topological polar surface area (TPSA) is 68.2 Å². The van der Waals surface area contributed by atoms with Gasteiger partial charge in [0.15, 0.2) is 0 Å². The third-order valence-electron chi connectivity index (χ3n) is 7.95. The average Bonchev–Trinajstić information content (AvgIpc) is 3.31. The van der Waals surface area contributed by atoms with E-state index in [2.05, 4.69) is 65.6 Å². The molecule has 1 saturated carbocycles. The monoisotopic (exact) mass is 567 g/mol. The van der Waals surface area contributed by atoms with Crippen LogP contribution in [0.15, 0.2) is 66.7 Å². The molecule has 2 aromatic rings. The zero-order valence-electron chi connectivity index (χ0n) is 23.8. The molecule has 1 aliphatic carbocycles. The Bertz CT molecular complexity index is 1020. The predicted octanol–water partition coefficient (Wildman–Crippen LogP) is 6.08. The maximum atomic E-state index is 11.6. The van der Waals surface area contributed by atoms with Crippen LogP contribution in [-0.2, 0) is 25.6 Å². The molecule has 4 rings (SSSR count). The minimum absolute atomic E-state index is 0.0253. The predicted molar refractivity (Wildman–Crippen MR) is 162 cm³/mol. The average molecular weight is 568 g/mol. The number of allylic oxidation sites excluding steroid dienone is 2. The molecule has 0 amide bonds. The van der Waals surface area contributed by atoms with Crippen molar-refractivity contribution in [2.45, 2.75) is 69.8 Å². The summed E-state index contributed by atoms with van der Waals surface area (Å²) in [7, 11) is 0. The maximum Gasteiger partial charge on any atom is 0.306 e. The number of hydrogen-bond donors (Lipinski definition) is 1. The van der Waals surface area contributed by atoms with Crippen molar-refractivity contribution < 1.29 is 24.1 Å². The Balaban J connectivity index is 1.28. The number of carbonyl (C=O) groups excluding carboxylic acids is 1. The molecule has 6 nitrogen and oxygen atoms in total. The van der Waals surface area contributed by atoms with Crippen molar-refractivity contribution in [3.05, 3.63) is 72.3 Å².